The Hall–Kier alpha value is -2.83. The number of hydrogen-bond donors (Lipinski definition) is 2. The number of phenolic OH excluding ortho intramolecular Hbond substituents is 1. The zero-order valence-corrected chi connectivity index (χ0v) is 11.0. The summed E-state index contributed by atoms with van der Waals surface area (Å²) >= 11 is 0. The summed E-state index contributed by atoms with van der Waals surface area (Å²) in [5.41, 5.74) is 3.73. The first-order valence-corrected chi connectivity index (χ1v) is 6.03. The molecule has 2 aromatic rings. The second-order valence-corrected chi connectivity index (χ2v) is 4.52. The molecule has 0 atom stereocenters. The Balaban J connectivity index is 2.68. The molecule has 2 aromatic carbocycles. The van der Waals surface area contributed by atoms with Crippen molar-refractivity contribution in [2.24, 2.45) is 5.73 Å². The molecule has 0 unspecified atom stereocenters. The first-order valence-electron chi connectivity index (χ1n) is 6.03. The van der Waals surface area contributed by atoms with E-state index in [9.17, 15) is 27.9 Å². The van der Waals surface area contributed by atoms with Crippen LogP contribution >= 0.6 is 0 Å². The van der Waals surface area contributed by atoms with Gasteiger partial charge in [0.1, 0.15) is 5.75 Å². The number of hydrogen-bond acceptors (Lipinski definition) is 3. The van der Waals surface area contributed by atoms with Crippen LogP contribution in [0.15, 0.2) is 36.4 Å². The summed E-state index contributed by atoms with van der Waals surface area (Å²) in [6.45, 7) is 0. The highest BCUT2D eigenvalue weighted by Gasteiger charge is 2.35. The van der Waals surface area contributed by atoms with E-state index in [1.807, 2.05) is 0 Å². The lowest BCUT2D eigenvalue weighted by Crippen LogP contribution is -2.10. The molecule has 2 rings (SSSR count). The summed E-state index contributed by atoms with van der Waals surface area (Å²) in [7, 11) is 0. The predicted octanol–water partition coefficient (Wildman–Crippen LogP) is 2.99. The van der Waals surface area contributed by atoms with Crippen LogP contribution in [-0.2, 0) is 6.18 Å². The molecule has 0 aliphatic heterocycles. The van der Waals surface area contributed by atoms with E-state index in [0.717, 1.165) is 6.07 Å². The molecule has 1 amide bonds. The van der Waals surface area contributed by atoms with Gasteiger partial charge in [0, 0.05) is 5.56 Å². The number of primary amides is 1. The summed E-state index contributed by atoms with van der Waals surface area (Å²) in [6.07, 6.45) is -4.69. The van der Waals surface area contributed by atoms with Gasteiger partial charge >= 0.3 is 6.18 Å². The van der Waals surface area contributed by atoms with Crippen LogP contribution in [0.4, 0.5) is 13.2 Å². The van der Waals surface area contributed by atoms with Crippen molar-refractivity contribution in [2.75, 3.05) is 0 Å². The summed E-state index contributed by atoms with van der Waals surface area (Å²) < 4.78 is 38.8. The summed E-state index contributed by atoms with van der Waals surface area (Å²) in [5, 5.41) is 9.51. The maximum Gasteiger partial charge on any atom is 0.420 e. The third-order valence-electron chi connectivity index (χ3n) is 3.05. The monoisotopic (exact) mass is 309 g/mol. The van der Waals surface area contributed by atoms with Crippen LogP contribution in [0.2, 0.25) is 0 Å². The molecule has 4 nitrogen and oxygen atoms in total. The number of halogens is 3. The van der Waals surface area contributed by atoms with Gasteiger partial charge in [-0.2, -0.15) is 13.2 Å². The molecule has 114 valence electrons. The lowest BCUT2D eigenvalue weighted by Gasteiger charge is -2.13. The molecule has 0 saturated heterocycles. The minimum atomic E-state index is -4.82. The van der Waals surface area contributed by atoms with Gasteiger partial charge in [0.25, 0.3) is 0 Å². The van der Waals surface area contributed by atoms with Crippen LogP contribution in [0.25, 0.3) is 11.1 Å². The van der Waals surface area contributed by atoms with Crippen molar-refractivity contribution in [1.82, 2.24) is 0 Å². The average Bonchev–Trinajstić information content (AvgIpc) is 2.46. The van der Waals surface area contributed by atoms with Crippen LogP contribution in [0.3, 0.4) is 0 Å². The Morgan fingerprint density at radius 2 is 1.82 bits per heavy atom. The van der Waals surface area contributed by atoms with Crippen molar-refractivity contribution in [1.29, 1.82) is 0 Å². The van der Waals surface area contributed by atoms with E-state index in [-0.39, 0.29) is 23.0 Å². The van der Waals surface area contributed by atoms with Gasteiger partial charge in [-0.1, -0.05) is 12.1 Å². The van der Waals surface area contributed by atoms with Gasteiger partial charge in [-0.15, -0.1) is 0 Å². The van der Waals surface area contributed by atoms with E-state index in [4.69, 9.17) is 5.73 Å². The molecule has 0 aliphatic rings. The van der Waals surface area contributed by atoms with Gasteiger partial charge in [-0.05, 0) is 35.4 Å². The molecule has 0 radical (unpaired) electrons. The lowest BCUT2D eigenvalue weighted by molar-refractivity contribution is -0.138. The predicted molar refractivity (Wildman–Crippen MR) is 72.5 cm³/mol. The molecule has 0 aliphatic carbocycles. The number of benzene rings is 2. The van der Waals surface area contributed by atoms with Crippen LogP contribution in [0, 0.1) is 0 Å². The number of carbonyl (C=O) groups excluding carboxylic acids is 2. The van der Waals surface area contributed by atoms with Crippen molar-refractivity contribution in [3.63, 3.8) is 0 Å². The zero-order chi connectivity index (χ0) is 16.5. The number of aromatic hydroxyl groups is 1. The highest BCUT2D eigenvalue weighted by molar-refractivity contribution is 5.94. The number of phenols is 1. The SMILES string of the molecule is NC(=O)c1cccc(-c2cc(C=O)c(O)c(C(F)(F)F)c2)c1. The third kappa shape index (κ3) is 2.93. The third-order valence-corrected chi connectivity index (χ3v) is 3.05. The van der Waals surface area contributed by atoms with Gasteiger partial charge in [-0.25, -0.2) is 0 Å². The van der Waals surface area contributed by atoms with E-state index >= 15 is 0 Å². The van der Waals surface area contributed by atoms with Gasteiger partial charge in [0.15, 0.2) is 6.29 Å². The summed E-state index contributed by atoms with van der Waals surface area (Å²) in [4.78, 5) is 22.0. The average molecular weight is 309 g/mol. The highest BCUT2D eigenvalue weighted by atomic mass is 19.4. The van der Waals surface area contributed by atoms with Gasteiger partial charge in [-0.3, -0.25) is 9.59 Å². The van der Waals surface area contributed by atoms with Crippen LogP contribution in [0.1, 0.15) is 26.3 Å². The molecule has 3 N–H and O–H groups in total. The maximum absolute atomic E-state index is 12.9. The van der Waals surface area contributed by atoms with Crippen molar-refractivity contribution in [2.45, 2.75) is 6.18 Å². The molecule has 0 saturated carbocycles. The second-order valence-electron chi connectivity index (χ2n) is 4.52. The number of amides is 1. The smallest absolute Gasteiger partial charge is 0.420 e. The molecular formula is C15H10F3NO3. The molecule has 0 bridgehead atoms. The fourth-order valence-electron chi connectivity index (χ4n) is 1.98. The summed E-state index contributed by atoms with van der Waals surface area (Å²) in [6, 6.07) is 7.46. The number of rotatable bonds is 3. The first-order chi connectivity index (χ1) is 10.2. The Morgan fingerprint density at radius 1 is 1.14 bits per heavy atom. The Morgan fingerprint density at radius 3 is 2.36 bits per heavy atom. The number of alkyl halides is 3. The van der Waals surface area contributed by atoms with Crippen molar-refractivity contribution >= 4 is 12.2 Å². The fraction of sp³-hybridized carbons (Fsp3) is 0.0667. The van der Waals surface area contributed by atoms with Crippen LogP contribution < -0.4 is 5.73 Å². The quantitative estimate of drug-likeness (QED) is 0.855. The Labute approximate surface area is 123 Å². The number of aldehydes is 1. The normalized spacial score (nSPS) is 11.2. The van der Waals surface area contributed by atoms with Crippen molar-refractivity contribution in [3.8, 4) is 16.9 Å². The molecular weight excluding hydrogens is 299 g/mol. The van der Waals surface area contributed by atoms with E-state index in [1.54, 1.807) is 0 Å². The largest absolute Gasteiger partial charge is 0.507 e. The van der Waals surface area contributed by atoms with Gasteiger partial charge in [0.2, 0.25) is 5.91 Å². The Kier molecular flexibility index (Phi) is 3.90. The minimum absolute atomic E-state index is 0.0373. The Bertz CT molecular complexity index is 754. The molecule has 7 heteroatoms. The second kappa shape index (κ2) is 5.51. The van der Waals surface area contributed by atoms with E-state index in [2.05, 4.69) is 0 Å². The fourth-order valence-corrected chi connectivity index (χ4v) is 1.98. The molecule has 0 fully saturated rings. The van der Waals surface area contributed by atoms with Gasteiger partial charge in [0.05, 0.1) is 11.1 Å². The first kappa shape index (κ1) is 15.6. The van der Waals surface area contributed by atoms with Crippen LogP contribution in [-0.4, -0.2) is 17.3 Å². The van der Waals surface area contributed by atoms with Crippen molar-refractivity contribution < 1.29 is 27.9 Å². The molecule has 0 heterocycles. The lowest BCUT2D eigenvalue weighted by atomic mass is 9.97. The highest BCUT2D eigenvalue weighted by Crippen LogP contribution is 2.40. The number of carbonyl (C=O) groups is 2. The molecule has 0 aromatic heterocycles. The van der Waals surface area contributed by atoms with E-state index in [1.165, 1.54) is 24.3 Å². The summed E-state index contributed by atoms with van der Waals surface area (Å²) in [5.74, 6) is -1.86. The van der Waals surface area contributed by atoms with Crippen LogP contribution in [0.5, 0.6) is 5.75 Å². The van der Waals surface area contributed by atoms with E-state index < -0.39 is 29.0 Å². The maximum atomic E-state index is 12.9. The van der Waals surface area contributed by atoms with Gasteiger partial charge < -0.3 is 10.8 Å². The minimum Gasteiger partial charge on any atom is -0.507 e. The zero-order valence-electron chi connectivity index (χ0n) is 11.0. The topological polar surface area (TPSA) is 80.4 Å². The standard InChI is InChI=1S/C15H10F3NO3/c16-15(17,18)12-6-10(5-11(7-20)13(12)21)8-2-1-3-9(4-8)14(19)22/h1-7,21H,(H2,19,22). The van der Waals surface area contributed by atoms with E-state index in [0.29, 0.717) is 6.07 Å². The van der Waals surface area contributed by atoms with Crippen molar-refractivity contribution in [3.05, 3.63) is 53.1 Å². The molecule has 0 spiro atoms. The number of nitrogens with two attached hydrogens (primary N) is 1. The molecule has 22 heavy (non-hydrogen) atoms.